The normalized spacial score (nSPS) is 11.4. The third-order valence-corrected chi connectivity index (χ3v) is 1.81. The molecule has 5 nitrogen and oxygen atoms in total. The summed E-state index contributed by atoms with van der Waals surface area (Å²) in [5, 5.41) is 0. The first-order chi connectivity index (χ1) is 7.90. The number of hydrazine groups is 1. The number of nitrogens with zero attached hydrogens (tertiary/aromatic N) is 2. The van der Waals surface area contributed by atoms with Gasteiger partial charge in [-0.25, -0.2) is 10.8 Å². The second kappa shape index (κ2) is 5.67. The zero-order valence-corrected chi connectivity index (χ0v) is 9.21. The number of nitrogen functional groups attached to an aromatic ring is 1. The molecular weight excluding hydrogens is 237 g/mol. The molecule has 0 unspecified atom stereocenters. The summed E-state index contributed by atoms with van der Waals surface area (Å²) >= 11 is 0. The molecule has 17 heavy (non-hydrogen) atoms. The Labute approximate surface area is 96.2 Å². The van der Waals surface area contributed by atoms with Crippen LogP contribution in [0.1, 0.15) is 18.5 Å². The van der Waals surface area contributed by atoms with Crippen LogP contribution in [0.4, 0.5) is 19.1 Å². The molecule has 0 spiro atoms. The number of ether oxygens (including phenoxy) is 1. The van der Waals surface area contributed by atoms with Crippen molar-refractivity contribution >= 4 is 5.95 Å². The number of rotatable bonds is 5. The zero-order chi connectivity index (χ0) is 12.9. The summed E-state index contributed by atoms with van der Waals surface area (Å²) in [5.74, 6) is 5.48. The highest BCUT2D eigenvalue weighted by Crippen LogP contribution is 2.21. The number of alkyl halides is 3. The number of aryl methyl sites for hydroxylation is 1. The lowest BCUT2D eigenvalue weighted by Crippen LogP contribution is -2.13. The van der Waals surface area contributed by atoms with Crippen molar-refractivity contribution in [2.45, 2.75) is 25.9 Å². The lowest BCUT2D eigenvalue weighted by molar-refractivity contribution is -0.136. The van der Waals surface area contributed by atoms with Crippen molar-refractivity contribution in [3.05, 3.63) is 11.8 Å². The maximum atomic E-state index is 11.9. The average molecular weight is 250 g/mol. The van der Waals surface area contributed by atoms with Gasteiger partial charge in [0, 0.05) is 18.2 Å². The van der Waals surface area contributed by atoms with Crippen molar-refractivity contribution in [2.24, 2.45) is 5.84 Å². The maximum absolute atomic E-state index is 11.9. The summed E-state index contributed by atoms with van der Waals surface area (Å²) in [5.41, 5.74) is 2.85. The molecule has 0 amide bonds. The molecule has 0 atom stereocenters. The Morgan fingerprint density at radius 1 is 1.41 bits per heavy atom. The van der Waals surface area contributed by atoms with Gasteiger partial charge >= 0.3 is 6.18 Å². The molecule has 1 rings (SSSR count). The van der Waals surface area contributed by atoms with Crippen molar-refractivity contribution in [1.82, 2.24) is 9.97 Å². The second-order valence-electron chi connectivity index (χ2n) is 3.38. The molecule has 3 N–H and O–H groups in total. The minimum Gasteiger partial charge on any atom is -0.478 e. The smallest absolute Gasteiger partial charge is 0.389 e. The van der Waals surface area contributed by atoms with Gasteiger partial charge in [-0.15, -0.1) is 0 Å². The molecule has 0 radical (unpaired) electrons. The molecule has 0 saturated heterocycles. The van der Waals surface area contributed by atoms with E-state index in [4.69, 9.17) is 10.6 Å². The Hall–Kier alpha value is -1.57. The summed E-state index contributed by atoms with van der Waals surface area (Å²) in [6.45, 7) is 1.64. The van der Waals surface area contributed by atoms with Crippen LogP contribution in [0.25, 0.3) is 0 Å². The highest BCUT2D eigenvalue weighted by molar-refractivity contribution is 5.28. The number of hydrogen-bond donors (Lipinski definition) is 2. The van der Waals surface area contributed by atoms with Crippen LogP contribution in [0.15, 0.2) is 6.07 Å². The largest absolute Gasteiger partial charge is 0.478 e. The summed E-state index contributed by atoms with van der Waals surface area (Å²) in [7, 11) is 0. The van der Waals surface area contributed by atoms with Gasteiger partial charge in [-0.1, -0.05) is 0 Å². The van der Waals surface area contributed by atoms with Gasteiger partial charge < -0.3 is 4.74 Å². The quantitative estimate of drug-likeness (QED) is 0.473. The maximum Gasteiger partial charge on any atom is 0.389 e. The molecule has 8 heteroatoms. The number of nitrogens with two attached hydrogens (primary N) is 1. The summed E-state index contributed by atoms with van der Waals surface area (Å²) in [4.78, 5) is 7.75. The monoisotopic (exact) mass is 250 g/mol. The van der Waals surface area contributed by atoms with Crippen molar-refractivity contribution in [2.75, 3.05) is 12.0 Å². The fraction of sp³-hybridized carbons (Fsp3) is 0.556. The van der Waals surface area contributed by atoms with E-state index in [1.807, 2.05) is 0 Å². The minimum atomic E-state index is -4.16. The van der Waals surface area contributed by atoms with Gasteiger partial charge in [-0.05, 0) is 13.3 Å². The molecule has 0 saturated carbocycles. The predicted molar refractivity (Wildman–Crippen MR) is 55.4 cm³/mol. The van der Waals surface area contributed by atoms with Crippen LogP contribution in [-0.2, 0) is 0 Å². The molecule has 0 aliphatic heterocycles. The van der Waals surface area contributed by atoms with Crippen molar-refractivity contribution < 1.29 is 17.9 Å². The first kappa shape index (κ1) is 13.5. The van der Waals surface area contributed by atoms with Crippen LogP contribution in [-0.4, -0.2) is 22.8 Å². The highest BCUT2D eigenvalue weighted by atomic mass is 19.4. The van der Waals surface area contributed by atoms with Crippen LogP contribution < -0.4 is 16.0 Å². The van der Waals surface area contributed by atoms with Crippen molar-refractivity contribution in [3.8, 4) is 5.88 Å². The fourth-order valence-corrected chi connectivity index (χ4v) is 1.13. The number of aromatic nitrogens is 2. The Kier molecular flexibility index (Phi) is 4.50. The fourth-order valence-electron chi connectivity index (χ4n) is 1.13. The van der Waals surface area contributed by atoms with Crippen molar-refractivity contribution in [1.29, 1.82) is 0 Å². The van der Waals surface area contributed by atoms with E-state index in [2.05, 4.69) is 15.4 Å². The van der Waals surface area contributed by atoms with Crippen LogP contribution in [0.5, 0.6) is 5.88 Å². The van der Waals surface area contributed by atoms with Gasteiger partial charge in [-0.2, -0.15) is 18.2 Å². The third kappa shape index (κ3) is 5.34. The van der Waals surface area contributed by atoms with Gasteiger partial charge in [0.25, 0.3) is 0 Å². The first-order valence-corrected chi connectivity index (χ1v) is 4.92. The standard InChI is InChI=1S/C9H13F3N4O/c1-6-5-7(15-8(14-6)16-13)17-4-2-3-9(10,11)12/h5H,2-4,13H2,1H3,(H,14,15,16). The Morgan fingerprint density at radius 2 is 2.12 bits per heavy atom. The zero-order valence-electron chi connectivity index (χ0n) is 9.21. The molecule has 0 fully saturated rings. The lowest BCUT2D eigenvalue weighted by atomic mass is 10.3. The van der Waals surface area contributed by atoms with Crippen molar-refractivity contribution in [3.63, 3.8) is 0 Å². The molecular formula is C9H13F3N4O. The molecule has 0 aliphatic rings. The van der Waals surface area contributed by atoms with Gasteiger partial charge in [0.15, 0.2) is 0 Å². The SMILES string of the molecule is Cc1cc(OCCCC(F)(F)F)nc(NN)n1. The van der Waals surface area contributed by atoms with E-state index in [1.165, 1.54) is 6.07 Å². The van der Waals surface area contributed by atoms with E-state index in [1.54, 1.807) is 6.92 Å². The van der Waals surface area contributed by atoms with Crippen LogP contribution in [0.3, 0.4) is 0 Å². The van der Waals surface area contributed by atoms with E-state index < -0.39 is 12.6 Å². The molecule has 0 aromatic carbocycles. The molecule has 0 bridgehead atoms. The van der Waals surface area contributed by atoms with E-state index in [0.29, 0.717) is 5.69 Å². The van der Waals surface area contributed by atoms with E-state index >= 15 is 0 Å². The topological polar surface area (TPSA) is 73.1 Å². The van der Waals surface area contributed by atoms with E-state index in [0.717, 1.165) is 0 Å². The van der Waals surface area contributed by atoms with Crippen LogP contribution in [0.2, 0.25) is 0 Å². The average Bonchev–Trinajstić information content (AvgIpc) is 2.22. The van der Waals surface area contributed by atoms with Crippen LogP contribution in [0, 0.1) is 6.92 Å². The predicted octanol–water partition coefficient (Wildman–Crippen LogP) is 1.79. The number of halogens is 3. The summed E-state index contributed by atoms with van der Waals surface area (Å²) in [6, 6.07) is 1.52. The van der Waals surface area contributed by atoms with Gasteiger partial charge in [0.05, 0.1) is 6.61 Å². The van der Waals surface area contributed by atoms with E-state index in [-0.39, 0.29) is 24.9 Å². The Bertz CT molecular complexity index is 370. The molecule has 1 aromatic heterocycles. The third-order valence-electron chi connectivity index (χ3n) is 1.81. The molecule has 1 heterocycles. The van der Waals surface area contributed by atoms with Gasteiger partial charge in [0.2, 0.25) is 11.8 Å². The summed E-state index contributed by atoms with van der Waals surface area (Å²) < 4.78 is 40.6. The van der Waals surface area contributed by atoms with Crippen LogP contribution >= 0.6 is 0 Å². The van der Waals surface area contributed by atoms with E-state index in [9.17, 15) is 13.2 Å². The Balaban J connectivity index is 2.44. The van der Waals surface area contributed by atoms with Gasteiger partial charge in [-0.3, -0.25) is 5.43 Å². The minimum absolute atomic E-state index is 0.0556. The number of hydrogen-bond acceptors (Lipinski definition) is 5. The summed E-state index contributed by atoms with van der Waals surface area (Å²) in [6.07, 6.45) is -5.15. The number of anilines is 1. The van der Waals surface area contributed by atoms with Gasteiger partial charge in [0.1, 0.15) is 0 Å². The second-order valence-corrected chi connectivity index (χ2v) is 3.38. The molecule has 1 aromatic rings. The first-order valence-electron chi connectivity index (χ1n) is 4.92. The Morgan fingerprint density at radius 3 is 2.71 bits per heavy atom. The molecule has 0 aliphatic carbocycles. The molecule has 96 valence electrons. The highest BCUT2D eigenvalue weighted by Gasteiger charge is 2.26. The lowest BCUT2D eigenvalue weighted by Gasteiger charge is -2.08. The number of nitrogens with one attached hydrogen (secondary N) is 1.